The molecule has 0 atom stereocenters. The van der Waals surface area contributed by atoms with Crippen molar-refractivity contribution in [2.24, 2.45) is 0 Å². The minimum absolute atomic E-state index is 0.636. The number of thiophene rings is 2. The van der Waals surface area contributed by atoms with Crippen LogP contribution in [0.25, 0.3) is 108 Å². The van der Waals surface area contributed by atoms with Gasteiger partial charge in [-0.25, -0.2) is 19.9 Å². The smallest absolute Gasteiger partial charge is 0.227 e. The highest BCUT2D eigenvalue weighted by Crippen LogP contribution is 2.43. The van der Waals surface area contributed by atoms with Gasteiger partial charge in [0.05, 0.1) is 0 Å². The highest BCUT2D eigenvalue weighted by atomic mass is 32.1. The zero-order chi connectivity index (χ0) is 34.9. The monoisotopic (exact) mass is 714 g/mol. The molecular formula is C46H26N4OS2. The fourth-order valence-corrected chi connectivity index (χ4v) is 9.65. The van der Waals surface area contributed by atoms with Crippen LogP contribution in [-0.2, 0) is 0 Å². The molecule has 5 nitrogen and oxygen atoms in total. The molecule has 0 unspecified atom stereocenters. The summed E-state index contributed by atoms with van der Waals surface area (Å²) in [7, 11) is 0. The Morgan fingerprint density at radius 2 is 0.962 bits per heavy atom. The van der Waals surface area contributed by atoms with Gasteiger partial charge < -0.3 is 4.42 Å². The van der Waals surface area contributed by atoms with Crippen LogP contribution in [0, 0.1) is 0 Å². The SMILES string of the molecule is c1ccc(-c2nc(-c3ccc(-c4cccc5c4sc4ccc(-c6nc7ccccc7o6)cc45)cc3)nc(-c3cccc4c3sc3ccccc34)n2)cc1. The van der Waals surface area contributed by atoms with Gasteiger partial charge in [-0.3, -0.25) is 0 Å². The summed E-state index contributed by atoms with van der Waals surface area (Å²) < 4.78 is 11.0. The van der Waals surface area contributed by atoms with Crippen LogP contribution < -0.4 is 0 Å². The molecule has 0 spiro atoms. The highest BCUT2D eigenvalue weighted by molar-refractivity contribution is 7.26. The Hall–Kier alpha value is -6.54. The molecule has 0 aliphatic rings. The van der Waals surface area contributed by atoms with Crippen molar-refractivity contribution >= 4 is 74.1 Å². The first kappa shape index (κ1) is 30.1. The molecule has 248 valence electrons. The molecule has 0 aliphatic heterocycles. The number of para-hydroxylation sites is 2. The van der Waals surface area contributed by atoms with Crippen LogP contribution in [0.5, 0.6) is 0 Å². The van der Waals surface area contributed by atoms with E-state index in [0.29, 0.717) is 23.4 Å². The topological polar surface area (TPSA) is 64.7 Å². The second-order valence-electron chi connectivity index (χ2n) is 13.0. The van der Waals surface area contributed by atoms with Crippen molar-refractivity contribution < 1.29 is 4.42 Å². The van der Waals surface area contributed by atoms with Crippen LogP contribution in [0.3, 0.4) is 0 Å². The average Bonchev–Trinajstić information content (AvgIpc) is 3.94. The second kappa shape index (κ2) is 12.0. The van der Waals surface area contributed by atoms with Crippen molar-refractivity contribution in [3.8, 4) is 56.7 Å². The number of rotatable bonds is 5. The number of nitrogens with zero attached hydrogens (tertiary/aromatic N) is 4. The molecule has 53 heavy (non-hydrogen) atoms. The molecule has 0 saturated carbocycles. The van der Waals surface area contributed by atoms with Gasteiger partial charge in [0.1, 0.15) is 5.52 Å². The van der Waals surface area contributed by atoms with E-state index in [0.717, 1.165) is 38.9 Å². The lowest BCUT2D eigenvalue weighted by molar-refractivity contribution is 0.620. The van der Waals surface area contributed by atoms with Gasteiger partial charge in [0, 0.05) is 62.6 Å². The zero-order valence-electron chi connectivity index (χ0n) is 28.0. The molecule has 0 N–H and O–H groups in total. The Bertz CT molecular complexity index is 3150. The molecule has 0 bridgehead atoms. The van der Waals surface area contributed by atoms with E-state index in [2.05, 4.69) is 103 Å². The number of hydrogen-bond donors (Lipinski definition) is 0. The molecule has 0 amide bonds. The van der Waals surface area contributed by atoms with Crippen molar-refractivity contribution in [1.29, 1.82) is 0 Å². The number of oxazole rings is 1. The molecule has 7 aromatic carbocycles. The van der Waals surface area contributed by atoms with E-state index >= 15 is 0 Å². The number of hydrogen-bond acceptors (Lipinski definition) is 7. The van der Waals surface area contributed by atoms with E-state index in [9.17, 15) is 0 Å². The molecule has 4 aromatic heterocycles. The Morgan fingerprint density at radius 3 is 1.77 bits per heavy atom. The molecule has 0 saturated heterocycles. The summed E-state index contributed by atoms with van der Waals surface area (Å²) in [6.07, 6.45) is 0. The normalized spacial score (nSPS) is 11.8. The molecule has 0 fully saturated rings. The fourth-order valence-electron chi connectivity index (χ4n) is 7.22. The van der Waals surface area contributed by atoms with Gasteiger partial charge >= 0.3 is 0 Å². The van der Waals surface area contributed by atoms with Gasteiger partial charge in [0.25, 0.3) is 0 Å². The van der Waals surface area contributed by atoms with Crippen LogP contribution in [-0.4, -0.2) is 19.9 Å². The summed E-state index contributed by atoms with van der Waals surface area (Å²) in [5.74, 6) is 2.60. The predicted octanol–water partition coefficient (Wildman–Crippen LogP) is 13.1. The maximum Gasteiger partial charge on any atom is 0.227 e. The van der Waals surface area contributed by atoms with Crippen molar-refractivity contribution in [3.63, 3.8) is 0 Å². The Morgan fingerprint density at radius 1 is 0.377 bits per heavy atom. The van der Waals surface area contributed by atoms with Gasteiger partial charge in [0.15, 0.2) is 23.1 Å². The minimum atomic E-state index is 0.636. The van der Waals surface area contributed by atoms with Crippen molar-refractivity contribution in [3.05, 3.63) is 158 Å². The molecule has 11 rings (SSSR count). The van der Waals surface area contributed by atoms with Gasteiger partial charge in [-0.15, -0.1) is 22.7 Å². The number of fused-ring (bicyclic) bond motifs is 7. The lowest BCUT2D eigenvalue weighted by Gasteiger charge is -2.10. The largest absolute Gasteiger partial charge is 0.436 e. The summed E-state index contributed by atoms with van der Waals surface area (Å²) in [4.78, 5) is 19.9. The first-order valence-electron chi connectivity index (χ1n) is 17.4. The van der Waals surface area contributed by atoms with E-state index in [1.807, 2.05) is 65.9 Å². The number of benzene rings is 7. The van der Waals surface area contributed by atoms with Crippen molar-refractivity contribution in [1.82, 2.24) is 19.9 Å². The first-order valence-corrected chi connectivity index (χ1v) is 19.0. The standard InChI is InChI=1S/C46H26N4OS2/c1-2-10-28(11-3-1)43-48-44(50-45(49-43)35-16-9-14-33-32-12-4-7-19-39(32)52-42(33)35)29-22-20-27(21-23-29)31-13-8-15-34-36-26-30(24-25-40(36)53-41(31)34)46-47-37-17-5-6-18-38(37)51-46/h1-26H. The third-order valence-corrected chi connectivity index (χ3v) is 12.2. The Kier molecular flexibility index (Phi) is 6.83. The van der Waals surface area contributed by atoms with Crippen LogP contribution >= 0.6 is 22.7 Å². The van der Waals surface area contributed by atoms with E-state index in [-0.39, 0.29) is 0 Å². The van der Waals surface area contributed by atoms with Crippen LogP contribution in [0.1, 0.15) is 0 Å². The van der Waals surface area contributed by atoms with Gasteiger partial charge in [0.2, 0.25) is 5.89 Å². The lowest BCUT2D eigenvalue weighted by Crippen LogP contribution is -2.00. The minimum Gasteiger partial charge on any atom is -0.436 e. The maximum absolute atomic E-state index is 6.11. The number of aromatic nitrogens is 4. The van der Waals surface area contributed by atoms with Crippen LogP contribution in [0.15, 0.2) is 162 Å². The van der Waals surface area contributed by atoms with Crippen molar-refractivity contribution in [2.75, 3.05) is 0 Å². The summed E-state index contributed by atoms with van der Waals surface area (Å²) in [6.45, 7) is 0. The third-order valence-electron chi connectivity index (χ3n) is 9.80. The average molecular weight is 715 g/mol. The summed E-state index contributed by atoms with van der Waals surface area (Å²) >= 11 is 3.59. The summed E-state index contributed by atoms with van der Waals surface area (Å²) in [5, 5.41) is 4.88. The highest BCUT2D eigenvalue weighted by Gasteiger charge is 2.18. The molecule has 0 radical (unpaired) electrons. The Labute approximate surface area is 311 Å². The summed E-state index contributed by atoms with van der Waals surface area (Å²) in [6, 6.07) is 54.6. The molecule has 0 aliphatic carbocycles. The third kappa shape index (κ3) is 5.04. The van der Waals surface area contributed by atoms with E-state index in [4.69, 9.17) is 24.4 Å². The van der Waals surface area contributed by atoms with Crippen LogP contribution in [0.2, 0.25) is 0 Å². The molecular weight excluding hydrogens is 689 g/mol. The summed E-state index contributed by atoms with van der Waals surface area (Å²) in [5.41, 5.74) is 7.85. The maximum atomic E-state index is 6.11. The molecule has 7 heteroatoms. The van der Waals surface area contributed by atoms with Gasteiger partial charge in [-0.05, 0) is 53.6 Å². The van der Waals surface area contributed by atoms with E-state index < -0.39 is 0 Å². The van der Waals surface area contributed by atoms with E-state index in [1.54, 1.807) is 11.3 Å². The van der Waals surface area contributed by atoms with Crippen LogP contribution in [0.4, 0.5) is 0 Å². The van der Waals surface area contributed by atoms with E-state index in [1.165, 1.54) is 45.9 Å². The second-order valence-corrected chi connectivity index (χ2v) is 15.1. The van der Waals surface area contributed by atoms with Gasteiger partial charge in [-0.2, -0.15) is 0 Å². The van der Waals surface area contributed by atoms with Gasteiger partial charge in [-0.1, -0.05) is 115 Å². The lowest BCUT2D eigenvalue weighted by atomic mass is 10.0. The quantitative estimate of drug-likeness (QED) is 0.178. The predicted molar refractivity (Wildman–Crippen MR) is 220 cm³/mol. The zero-order valence-corrected chi connectivity index (χ0v) is 29.7. The molecule has 11 aromatic rings. The molecule has 4 heterocycles. The fraction of sp³-hybridized carbons (Fsp3) is 0. The Balaban J connectivity index is 1.00. The van der Waals surface area contributed by atoms with Crippen molar-refractivity contribution in [2.45, 2.75) is 0 Å². The first-order chi connectivity index (χ1) is 26.2.